The van der Waals surface area contributed by atoms with Crippen LogP contribution in [0, 0.1) is 0 Å². The van der Waals surface area contributed by atoms with Crippen LogP contribution in [0.15, 0.2) is 0 Å². The number of halogens is 3. The smallest absolute Gasteiger partial charge is 0.354 e. The molecule has 0 aromatic carbocycles. The summed E-state index contributed by atoms with van der Waals surface area (Å²) in [5.74, 6) is 0. The van der Waals surface area contributed by atoms with Gasteiger partial charge in [0.15, 0.2) is 6.29 Å². The standard InChI is InChI=1S/C6H12F3NO2/c1-11-5(12-2)4(10)3-6(7,8)9/h4-5H,3,10H2,1-2H3/t4-/m0/s1. The van der Waals surface area contributed by atoms with Gasteiger partial charge >= 0.3 is 6.18 Å². The molecule has 0 aliphatic heterocycles. The van der Waals surface area contributed by atoms with Gasteiger partial charge in [0.2, 0.25) is 0 Å². The van der Waals surface area contributed by atoms with Gasteiger partial charge in [0.25, 0.3) is 0 Å². The van der Waals surface area contributed by atoms with Crippen molar-refractivity contribution in [3.05, 3.63) is 0 Å². The van der Waals surface area contributed by atoms with Gasteiger partial charge in [-0.1, -0.05) is 0 Å². The molecule has 0 fully saturated rings. The topological polar surface area (TPSA) is 44.5 Å². The maximum atomic E-state index is 11.7. The van der Waals surface area contributed by atoms with Gasteiger partial charge in [-0.2, -0.15) is 13.2 Å². The van der Waals surface area contributed by atoms with Gasteiger partial charge in [-0.05, 0) is 0 Å². The molecule has 0 spiro atoms. The van der Waals surface area contributed by atoms with Gasteiger partial charge < -0.3 is 15.2 Å². The van der Waals surface area contributed by atoms with Crippen LogP contribution in [0.5, 0.6) is 0 Å². The van der Waals surface area contributed by atoms with Gasteiger partial charge in [0.1, 0.15) is 0 Å². The van der Waals surface area contributed by atoms with Gasteiger partial charge in [-0.25, -0.2) is 0 Å². The first kappa shape index (κ1) is 11.7. The molecule has 1 atom stereocenters. The van der Waals surface area contributed by atoms with Crippen LogP contribution in [0.2, 0.25) is 0 Å². The van der Waals surface area contributed by atoms with Crippen molar-refractivity contribution in [1.29, 1.82) is 0 Å². The first-order chi connectivity index (χ1) is 5.40. The molecule has 0 heterocycles. The van der Waals surface area contributed by atoms with Gasteiger partial charge in [0.05, 0.1) is 12.5 Å². The maximum absolute atomic E-state index is 11.7. The highest BCUT2D eigenvalue weighted by Crippen LogP contribution is 2.22. The number of rotatable bonds is 4. The Morgan fingerprint density at radius 2 is 1.67 bits per heavy atom. The van der Waals surface area contributed by atoms with E-state index in [0.29, 0.717) is 0 Å². The lowest BCUT2D eigenvalue weighted by atomic mass is 10.2. The Balaban J connectivity index is 3.92. The van der Waals surface area contributed by atoms with Crippen LogP contribution in [0.4, 0.5) is 13.2 Å². The Hall–Kier alpha value is -0.330. The Kier molecular flexibility index (Phi) is 4.51. The molecular weight excluding hydrogens is 175 g/mol. The van der Waals surface area contributed by atoms with Crippen LogP contribution >= 0.6 is 0 Å². The predicted molar refractivity (Wildman–Crippen MR) is 36.5 cm³/mol. The van der Waals surface area contributed by atoms with Gasteiger partial charge in [-0.3, -0.25) is 0 Å². The van der Waals surface area contributed by atoms with Crippen molar-refractivity contribution < 1.29 is 22.6 Å². The van der Waals surface area contributed by atoms with Crippen molar-refractivity contribution in [2.24, 2.45) is 5.73 Å². The fourth-order valence-electron chi connectivity index (χ4n) is 0.809. The molecule has 2 N–H and O–H groups in total. The lowest BCUT2D eigenvalue weighted by Gasteiger charge is -2.21. The SMILES string of the molecule is COC(OC)[C@@H](N)CC(F)(F)F. The van der Waals surface area contributed by atoms with Gasteiger partial charge in [0, 0.05) is 14.2 Å². The lowest BCUT2D eigenvalue weighted by molar-refractivity contribution is -0.172. The van der Waals surface area contributed by atoms with E-state index in [0.717, 1.165) is 0 Å². The summed E-state index contributed by atoms with van der Waals surface area (Å²) in [7, 11) is 2.48. The van der Waals surface area contributed by atoms with Crippen LogP contribution in [0.25, 0.3) is 0 Å². The molecule has 0 saturated carbocycles. The Labute approximate surface area is 68.6 Å². The molecule has 0 unspecified atom stereocenters. The molecule has 0 bridgehead atoms. The third kappa shape index (κ3) is 4.53. The molecular formula is C6H12F3NO2. The highest BCUT2D eigenvalue weighted by atomic mass is 19.4. The summed E-state index contributed by atoms with van der Waals surface area (Å²) in [6.07, 6.45) is -6.40. The second-order valence-electron chi connectivity index (χ2n) is 2.32. The highest BCUT2D eigenvalue weighted by Gasteiger charge is 2.33. The van der Waals surface area contributed by atoms with Crippen molar-refractivity contribution in [1.82, 2.24) is 0 Å². The summed E-state index contributed by atoms with van der Waals surface area (Å²) in [6.45, 7) is 0. The Bertz CT molecular complexity index is 124. The summed E-state index contributed by atoms with van der Waals surface area (Å²) in [4.78, 5) is 0. The molecule has 6 heteroatoms. The Morgan fingerprint density at radius 3 is 1.92 bits per heavy atom. The van der Waals surface area contributed by atoms with E-state index in [1.54, 1.807) is 0 Å². The van der Waals surface area contributed by atoms with Crippen molar-refractivity contribution >= 4 is 0 Å². The van der Waals surface area contributed by atoms with Crippen LogP contribution < -0.4 is 5.73 Å². The molecule has 0 amide bonds. The minimum atomic E-state index is -4.28. The Morgan fingerprint density at radius 1 is 1.25 bits per heavy atom. The quantitative estimate of drug-likeness (QED) is 0.664. The summed E-state index contributed by atoms with van der Waals surface area (Å²) >= 11 is 0. The van der Waals surface area contributed by atoms with Crippen molar-refractivity contribution in [2.45, 2.75) is 24.9 Å². The molecule has 0 saturated heterocycles. The second-order valence-corrected chi connectivity index (χ2v) is 2.32. The third-order valence-corrected chi connectivity index (χ3v) is 1.28. The summed E-state index contributed by atoms with van der Waals surface area (Å²) < 4.78 is 44.4. The van der Waals surface area contributed by atoms with Crippen molar-refractivity contribution in [3.63, 3.8) is 0 Å². The van der Waals surface area contributed by atoms with E-state index in [9.17, 15) is 13.2 Å². The molecule has 0 aromatic rings. The van der Waals surface area contributed by atoms with E-state index in [-0.39, 0.29) is 0 Å². The predicted octanol–water partition coefficient (Wildman–Crippen LogP) is 0.885. The summed E-state index contributed by atoms with van der Waals surface area (Å²) in [5, 5.41) is 0. The number of methoxy groups -OCH3 is 2. The zero-order valence-corrected chi connectivity index (χ0v) is 6.89. The minimum Gasteiger partial charge on any atom is -0.354 e. The van der Waals surface area contributed by atoms with Crippen LogP contribution in [-0.2, 0) is 9.47 Å². The average molecular weight is 187 g/mol. The number of hydrogen-bond acceptors (Lipinski definition) is 3. The van der Waals surface area contributed by atoms with Crippen molar-refractivity contribution in [2.75, 3.05) is 14.2 Å². The average Bonchev–Trinajstić information content (AvgIpc) is 1.85. The molecule has 0 aromatic heterocycles. The minimum absolute atomic E-state index is 1.01. The molecule has 0 aliphatic rings. The molecule has 74 valence electrons. The van der Waals surface area contributed by atoms with Gasteiger partial charge in [-0.15, -0.1) is 0 Å². The lowest BCUT2D eigenvalue weighted by Crippen LogP contribution is -2.40. The fourth-order valence-corrected chi connectivity index (χ4v) is 0.809. The van der Waals surface area contributed by atoms with Crippen LogP contribution in [0.1, 0.15) is 6.42 Å². The third-order valence-electron chi connectivity index (χ3n) is 1.28. The van der Waals surface area contributed by atoms with Crippen LogP contribution in [0.3, 0.4) is 0 Å². The largest absolute Gasteiger partial charge is 0.390 e. The van der Waals surface area contributed by atoms with E-state index in [1.165, 1.54) is 14.2 Å². The number of alkyl halides is 3. The van der Waals surface area contributed by atoms with E-state index in [2.05, 4.69) is 9.47 Å². The molecule has 0 radical (unpaired) electrons. The molecule has 12 heavy (non-hydrogen) atoms. The van der Waals surface area contributed by atoms with E-state index in [4.69, 9.17) is 5.73 Å². The number of hydrogen-bond donors (Lipinski definition) is 1. The monoisotopic (exact) mass is 187 g/mol. The first-order valence-electron chi connectivity index (χ1n) is 3.28. The maximum Gasteiger partial charge on any atom is 0.390 e. The fraction of sp³-hybridized carbons (Fsp3) is 1.00. The summed E-state index contributed by atoms with van der Waals surface area (Å²) in [5.41, 5.74) is 5.16. The summed E-state index contributed by atoms with van der Waals surface area (Å²) in [6, 6.07) is -1.18. The van der Waals surface area contributed by atoms with Crippen molar-refractivity contribution in [3.8, 4) is 0 Å². The zero-order chi connectivity index (χ0) is 9.78. The molecule has 0 aliphatic carbocycles. The number of ether oxygens (including phenoxy) is 2. The van der Waals surface area contributed by atoms with E-state index in [1.807, 2.05) is 0 Å². The number of nitrogens with two attached hydrogens (primary N) is 1. The highest BCUT2D eigenvalue weighted by molar-refractivity contribution is 4.69. The van der Waals surface area contributed by atoms with Crippen LogP contribution in [-0.4, -0.2) is 32.7 Å². The van der Waals surface area contributed by atoms with E-state index >= 15 is 0 Å². The van der Waals surface area contributed by atoms with E-state index < -0.39 is 24.9 Å². The molecule has 3 nitrogen and oxygen atoms in total. The first-order valence-corrected chi connectivity index (χ1v) is 3.28. The normalized spacial score (nSPS) is 15.2. The zero-order valence-electron chi connectivity index (χ0n) is 6.89. The second kappa shape index (κ2) is 4.64. The molecule has 0 rings (SSSR count).